The first-order valence-corrected chi connectivity index (χ1v) is 5.45. The van der Waals surface area contributed by atoms with E-state index in [4.69, 9.17) is 11.6 Å². The highest BCUT2D eigenvalue weighted by molar-refractivity contribution is 6.30. The molecule has 0 spiro atoms. The van der Waals surface area contributed by atoms with Crippen LogP contribution in [0, 0.1) is 5.82 Å². The van der Waals surface area contributed by atoms with Crippen molar-refractivity contribution in [3.8, 4) is 0 Å². The van der Waals surface area contributed by atoms with Gasteiger partial charge in [0.15, 0.2) is 0 Å². The second-order valence-corrected chi connectivity index (χ2v) is 5.09. The smallest absolute Gasteiger partial charge is 0.242 e. The molecule has 2 nitrogen and oxygen atoms in total. The molecule has 1 rings (SSSR count). The third-order valence-corrected chi connectivity index (χ3v) is 2.34. The van der Waals surface area contributed by atoms with Crippen LogP contribution in [0.2, 0.25) is 0 Å². The van der Waals surface area contributed by atoms with E-state index in [1.165, 1.54) is 24.3 Å². The summed E-state index contributed by atoms with van der Waals surface area (Å²) in [5, 5.41) is 1.98. The van der Waals surface area contributed by atoms with E-state index in [-0.39, 0.29) is 17.3 Å². The van der Waals surface area contributed by atoms with Gasteiger partial charge in [0.2, 0.25) is 5.91 Å². The van der Waals surface area contributed by atoms with E-state index in [1.54, 1.807) is 0 Å². The van der Waals surface area contributed by atoms with E-state index >= 15 is 0 Å². The third-order valence-electron chi connectivity index (χ3n) is 1.89. The van der Waals surface area contributed by atoms with Crippen molar-refractivity contribution in [1.29, 1.82) is 0 Å². The van der Waals surface area contributed by atoms with Gasteiger partial charge in [0.1, 0.15) is 11.2 Å². The van der Waals surface area contributed by atoms with Crippen LogP contribution in [0.3, 0.4) is 0 Å². The van der Waals surface area contributed by atoms with Gasteiger partial charge in [0.25, 0.3) is 0 Å². The first-order valence-electron chi connectivity index (χ1n) is 5.01. The highest BCUT2D eigenvalue weighted by Gasteiger charge is 2.22. The van der Waals surface area contributed by atoms with Crippen LogP contribution in [0.25, 0.3) is 0 Å². The van der Waals surface area contributed by atoms with Crippen LogP contribution in [-0.4, -0.2) is 11.4 Å². The molecule has 1 aromatic rings. The van der Waals surface area contributed by atoms with Crippen molar-refractivity contribution in [3.05, 3.63) is 35.6 Å². The number of hydrogen-bond donors (Lipinski definition) is 1. The number of halogens is 2. The van der Waals surface area contributed by atoms with E-state index in [0.29, 0.717) is 5.56 Å². The molecule has 1 atom stereocenters. The fraction of sp³-hybridized carbons (Fsp3) is 0.417. The summed E-state index contributed by atoms with van der Waals surface area (Å²) in [6.45, 7) is 5.62. The molecule has 0 saturated heterocycles. The lowest BCUT2D eigenvalue weighted by Crippen LogP contribution is -2.42. The number of rotatable bonds is 2. The maximum atomic E-state index is 12.7. The van der Waals surface area contributed by atoms with Crippen LogP contribution in [0.1, 0.15) is 31.7 Å². The maximum Gasteiger partial charge on any atom is 0.242 e. The van der Waals surface area contributed by atoms with Crippen LogP contribution in [0.5, 0.6) is 0 Å². The molecule has 0 bridgehead atoms. The Morgan fingerprint density at radius 2 is 1.81 bits per heavy atom. The van der Waals surface area contributed by atoms with Gasteiger partial charge in [-0.1, -0.05) is 12.1 Å². The van der Waals surface area contributed by atoms with Crippen molar-refractivity contribution in [3.63, 3.8) is 0 Å². The van der Waals surface area contributed by atoms with Gasteiger partial charge in [-0.25, -0.2) is 4.39 Å². The van der Waals surface area contributed by atoms with Crippen LogP contribution in [0.15, 0.2) is 24.3 Å². The van der Waals surface area contributed by atoms with Crippen molar-refractivity contribution in [2.75, 3.05) is 0 Å². The van der Waals surface area contributed by atoms with Crippen LogP contribution in [0.4, 0.5) is 4.39 Å². The van der Waals surface area contributed by atoms with Crippen LogP contribution < -0.4 is 5.32 Å². The molecule has 1 aromatic carbocycles. The lowest BCUT2D eigenvalue weighted by Gasteiger charge is -2.22. The lowest BCUT2D eigenvalue weighted by molar-refractivity contribution is -0.122. The van der Waals surface area contributed by atoms with Gasteiger partial charge in [0, 0.05) is 5.54 Å². The Morgan fingerprint density at radius 3 is 2.25 bits per heavy atom. The Labute approximate surface area is 99.8 Å². The molecule has 4 heteroatoms. The summed E-state index contributed by atoms with van der Waals surface area (Å²) in [5.41, 5.74) is 0.259. The summed E-state index contributed by atoms with van der Waals surface area (Å²) >= 11 is 5.98. The van der Waals surface area contributed by atoms with Crippen molar-refractivity contribution >= 4 is 17.5 Å². The number of carbonyl (C=O) groups excluding carboxylic acids is 1. The number of benzene rings is 1. The van der Waals surface area contributed by atoms with Crippen LogP contribution >= 0.6 is 11.6 Å². The van der Waals surface area contributed by atoms with Gasteiger partial charge in [-0.05, 0) is 38.5 Å². The molecule has 0 aliphatic heterocycles. The summed E-state index contributed by atoms with van der Waals surface area (Å²) < 4.78 is 12.7. The Balaban J connectivity index is 2.74. The summed E-state index contributed by atoms with van der Waals surface area (Å²) in [6, 6.07) is 5.59. The van der Waals surface area contributed by atoms with E-state index in [9.17, 15) is 9.18 Å². The van der Waals surface area contributed by atoms with E-state index < -0.39 is 5.38 Å². The molecule has 1 N–H and O–H groups in total. The number of hydrogen-bond acceptors (Lipinski definition) is 1. The molecule has 88 valence electrons. The zero-order valence-corrected chi connectivity index (χ0v) is 10.3. The van der Waals surface area contributed by atoms with Crippen molar-refractivity contribution in [2.24, 2.45) is 0 Å². The Bertz CT molecular complexity index is 370. The van der Waals surface area contributed by atoms with Crippen molar-refractivity contribution < 1.29 is 9.18 Å². The lowest BCUT2D eigenvalue weighted by atomic mass is 10.1. The molecule has 0 heterocycles. The molecule has 0 fully saturated rings. The molecule has 0 aliphatic carbocycles. The van der Waals surface area contributed by atoms with Gasteiger partial charge < -0.3 is 5.32 Å². The number of nitrogens with one attached hydrogen (secondary N) is 1. The van der Waals surface area contributed by atoms with E-state index in [2.05, 4.69) is 5.32 Å². The number of amides is 1. The highest BCUT2D eigenvalue weighted by Crippen LogP contribution is 2.21. The minimum Gasteiger partial charge on any atom is -0.350 e. The van der Waals surface area contributed by atoms with Gasteiger partial charge in [-0.2, -0.15) is 0 Å². The Morgan fingerprint density at radius 1 is 1.31 bits per heavy atom. The first kappa shape index (κ1) is 13.0. The second-order valence-electron chi connectivity index (χ2n) is 4.65. The second kappa shape index (κ2) is 4.83. The largest absolute Gasteiger partial charge is 0.350 e. The predicted octanol–water partition coefficient (Wildman–Crippen LogP) is 3.02. The minimum absolute atomic E-state index is 0.277. The Kier molecular flexibility index (Phi) is 3.92. The molecule has 0 aliphatic rings. The molecular weight excluding hydrogens is 229 g/mol. The molecular formula is C12H15ClFNO. The third kappa shape index (κ3) is 3.81. The van der Waals surface area contributed by atoms with Gasteiger partial charge >= 0.3 is 0 Å². The summed E-state index contributed by atoms with van der Waals surface area (Å²) in [7, 11) is 0. The summed E-state index contributed by atoms with van der Waals surface area (Å²) in [6.07, 6.45) is 0. The summed E-state index contributed by atoms with van der Waals surface area (Å²) in [5.74, 6) is -0.621. The fourth-order valence-electron chi connectivity index (χ4n) is 1.22. The quantitative estimate of drug-likeness (QED) is 0.795. The molecule has 0 radical (unpaired) electrons. The predicted molar refractivity (Wildman–Crippen MR) is 62.9 cm³/mol. The molecule has 16 heavy (non-hydrogen) atoms. The van der Waals surface area contributed by atoms with Crippen molar-refractivity contribution in [2.45, 2.75) is 31.7 Å². The van der Waals surface area contributed by atoms with Crippen molar-refractivity contribution in [1.82, 2.24) is 5.32 Å². The molecule has 0 saturated carbocycles. The molecule has 0 aromatic heterocycles. The fourth-order valence-corrected chi connectivity index (χ4v) is 1.42. The molecule has 1 amide bonds. The highest BCUT2D eigenvalue weighted by atomic mass is 35.5. The number of alkyl halides is 1. The van der Waals surface area contributed by atoms with Gasteiger partial charge in [-0.15, -0.1) is 11.6 Å². The topological polar surface area (TPSA) is 29.1 Å². The van der Waals surface area contributed by atoms with E-state index in [1.807, 2.05) is 20.8 Å². The Hall–Kier alpha value is -1.09. The number of carbonyl (C=O) groups is 1. The van der Waals surface area contributed by atoms with E-state index in [0.717, 1.165) is 0 Å². The zero-order valence-electron chi connectivity index (χ0n) is 9.55. The minimum atomic E-state index is -0.792. The van der Waals surface area contributed by atoms with Gasteiger partial charge in [0.05, 0.1) is 0 Å². The average molecular weight is 244 g/mol. The maximum absolute atomic E-state index is 12.7. The monoisotopic (exact) mass is 243 g/mol. The van der Waals surface area contributed by atoms with Gasteiger partial charge in [-0.3, -0.25) is 4.79 Å². The first-order chi connectivity index (χ1) is 7.29. The standard InChI is InChI=1S/C12H15ClFNO/c1-12(2,3)15-11(16)10(13)8-4-6-9(14)7-5-8/h4-7,10H,1-3H3,(H,15,16). The average Bonchev–Trinajstić information content (AvgIpc) is 2.15. The van der Waals surface area contributed by atoms with Crippen LogP contribution in [-0.2, 0) is 4.79 Å². The molecule has 1 unspecified atom stereocenters. The zero-order chi connectivity index (χ0) is 12.3. The normalized spacial score (nSPS) is 13.3. The SMILES string of the molecule is CC(C)(C)NC(=O)C(Cl)c1ccc(F)cc1. The summed E-state index contributed by atoms with van der Waals surface area (Å²) in [4.78, 5) is 11.7.